The maximum Gasteiger partial charge on any atom is 0.0230 e. The fourth-order valence-corrected chi connectivity index (χ4v) is 1.85. The fraction of sp³-hybridized carbons (Fsp3) is 0.600. The Morgan fingerprint density at radius 3 is 2.29 bits per heavy atom. The van der Waals surface area contributed by atoms with Gasteiger partial charge in [0.2, 0.25) is 0 Å². The summed E-state index contributed by atoms with van der Waals surface area (Å²) < 4.78 is 0. The van der Waals surface area contributed by atoms with Gasteiger partial charge in [-0.05, 0) is 37.7 Å². The summed E-state index contributed by atoms with van der Waals surface area (Å²) in [6, 6.07) is 8.95. The Labute approximate surface area is 106 Å². The van der Waals surface area contributed by atoms with E-state index in [-0.39, 0.29) is 0 Å². The minimum absolute atomic E-state index is 0.975. The van der Waals surface area contributed by atoms with Crippen molar-refractivity contribution in [3.05, 3.63) is 35.4 Å². The molecule has 0 aromatic heterocycles. The van der Waals surface area contributed by atoms with Crippen molar-refractivity contribution in [2.75, 3.05) is 20.1 Å². The number of hydrogen-bond acceptors (Lipinski definition) is 2. The second kappa shape index (κ2) is 8.26. The zero-order chi connectivity index (χ0) is 12.5. The molecule has 0 saturated heterocycles. The Kier molecular flexibility index (Phi) is 6.90. The van der Waals surface area contributed by atoms with Crippen molar-refractivity contribution in [2.24, 2.45) is 0 Å². The molecule has 0 bridgehead atoms. The summed E-state index contributed by atoms with van der Waals surface area (Å²) in [6.45, 7) is 8.63. The van der Waals surface area contributed by atoms with Crippen LogP contribution in [0, 0.1) is 0 Å². The van der Waals surface area contributed by atoms with Gasteiger partial charge in [-0.1, -0.05) is 44.5 Å². The van der Waals surface area contributed by atoms with Crippen LogP contribution >= 0.6 is 0 Å². The molecule has 1 rings (SSSR count). The van der Waals surface area contributed by atoms with E-state index in [1.807, 2.05) is 0 Å². The molecule has 0 spiro atoms. The van der Waals surface area contributed by atoms with Gasteiger partial charge in [0.1, 0.15) is 0 Å². The molecule has 0 atom stereocenters. The average Bonchev–Trinajstić information content (AvgIpc) is 2.35. The van der Waals surface area contributed by atoms with Crippen molar-refractivity contribution in [1.29, 1.82) is 0 Å². The third kappa shape index (κ3) is 5.85. The predicted octanol–water partition coefficient (Wildman–Crippen LogP) is 3.03. The Balaban J connectivity index is 2.39. The van der Waals surface area contributed by atoms with Crippen LogP contribution in [0.15, 0.2) is 24.3 Å². The maximum absolute atomic E-state index is 3.34. The Morgan fingerprint density at radius 1 is 1.06 bits per heavy atom. The molecular weight excluding hydrogens is 208 g/mol. The molecule has 0 aliphatic rings. The first kappa shape index (κ1) is 14.2. The van der Waals surface area contributed by atoms with Gasteiger partial charge in [-0.25, -0.2) is 0 Å². The molecule has 17 heavy (non-hydrogen) atoms. The number of nitrogens with one attached hydrogen (secondary N) is 1. The molecule has 1 aromatic carbocycles. The van der Waals surface area contributed by atoms with Gasteiger partial charge in [0.05, 0.1) is 0 Å². The molecule has 1 N–H and O–H groups in total. The smallest absolute Gasteiger partial charge is 0.0230 e. The van der Waals surface area contributed by atoms with Gasteiger partial charge in [-0.2, -0.15) is 0 Å². The van der Waals surface area contributed by atoms with Crippen LogP contribution in [-0.2, 0) is 13.1 Å². The van der Waals surface area contributed by atoms with Crippen LogP contribution in [0.3, 0.4) is 0 Å². The summed E-state index contributed by atoms with van der Waals surface area (Å²) >= 11 is 0. The number of nitrogens with zero attached hydrogens (tertiary/aromatic N) is 1. The molecule has 0 saturated carbocycles. The summed E-state index contributed by atoms with van der Waals surface area (Å²) in [4.78, 5) is 2.39. The van der Waals surface area contributed by atoms with E-state index in [4.69, 9.17) is 0 Å². The Hall–Kier alpha value is -0.860. The number of hydrogen-bond donors (Lipinski definition) is 1. The molecule has 0 unspecified atom stereocenters. The summed E-state index contributed by atoms with van der Waals surface area (Å²) in [5, 5.41) is 3.34. The van der Waals surface area contributed by atoms with Gasteiger partial charge in [0.15, 0.2) is 0 Å². The zero-order valence-electron chi connectivity index (χ0n) is 11.5. The Bertz CT molecular complexity index is 292. The monoisotopic (exact) mass is 234 g/mol. The maximum atomic E-state index is 3.34. The number of benzene rings is 1. The molecule has 2 heteroatoms. The lowest BCUT2D eigenvalue weighted by molar-refractivity contribution is 0.321. The van der Waals surface area contributed by atoms with Crippen LogP contribution in [0.25, 0.3) is 0 Å². The van der Waals surface area contributed by atoms with Crippen LogP contribution in [-0.4, -0.2) is 25.0 Å². The highest BCUT2D eigenvalue weighted by atomic mass is 15.1. The first-order valence-corrected chi connectivity index (χ1v) is 6.73. The van der Waals surface area contributed by atoms with E-state index in [0.717, 1.165) is 19.6 Å². The van der Waals surface area contributed by atoms with Crippen LogP contribution < -0.4 is 5.32 Å². The van der Waals surface area contributed by atoms with Gasteiger partial charge in [-0.15, -0.1) is 0 Å². The third-order valence-corrected chi connectivity index (χ3v) is 2.95. The van der Waals surface area contributed by atoms with Crippen LogP contribution in [0.1, 0.15) is 37.8 Å². The summed E-state index contributed by atoms with van der Waals surface area (Å²) in [5.74, 6) is 0. The molecule has 0 aliphatic carbocycles. The van der Waals surface area contributed by atoms with E-state index in [0.29, 0.717) is 0 Å². The standard InChI is InChI=1S/C15H26N2/c1-4-6-11-17(3)13-15-9-7-14(8-10-15)12-16-5-2/h7-10,16H,4-6,11-13H2,1-3H3. The minimum atomic E-state index is 0.975. The molecule has 96 valence electrons. The van der Waals surface area contributed by atoms with Crippen molar-refractivity contribution >= 4 is 0 Å². The van der Waals surface area contributed by atoms with Crippen molar-refractivity contribution in [3.8, 4) is 0 Å². The molecular formula is C15H26N2. The SMILES string of the molecule is CCCCN(C)Cc1ccc(CNCC)cc1. The zero-order valence-corrected chi connectivity index (χ0v) is 11.5. The van der Waals surface area contributed by atoms with E-state index in [2.05, 4.69) is 55.4 Å². The van der Waals surface area contributed by atoms with E-state index in [1.165, 1.54) is 30.5 Å². The largest absolute Gasteiger partial charge is 0.313 e. The topological polar surface area (TPSA) is 15.3 Å². The third-order valence-electron chi connectivity index (χ3n) is 2.95. The second-order valence-electron chi connectivity index (χ2n) is 4.69. The van der Waals surface area contributed by atoms with Crippen LogP contribution in [0.2, 0.25) is 0 Å². The highest BCUT2D eigenvalue weighted by molar-refractivity contribution is 5.22. The highest BCUT2D eigenvalue weighted by Crippen LogP contribution is 2.07. The van der Waals surface area contributed by atoms with Gasteiger partial charge < -0.3 is 10.2 Å². The van der Waals surface area contributed by atoms with Gasteiger partial charge in [0.25, 0.3) is 0 Å². The molecule has 0 fully saturated rings. The minimum Gasteiger partial charge on any atom is -0.313 e. The lowest BCUT2D eigenvalue weighted by Gasteiger charge is -2.16. The van der Waals surface area contributed by atoms with Crippen molar-refractivity contribution < 1.29 is 0 Å². The first-order chi connectivity index (χ1) is 8.26. The highest BCUT2D eigenvalue weighted by Gasteiger charge is 1.99. The van der Waals surface area contributed by atoms with Crippen LogP contribution in [0.5, 0.6) is 0 Å². The van der Waals surface area contributed by atoms with Gasteiger partial charge in [-0.3, -0.25) is 0 Å². The molecule has 2 nitrogen and oxygen atoms in total. The van der Waals surface area contributed by atoms with E-state index < -0.39 is 0 Å². The quantitative estimate of drug-likeness (QED) is 0.744. The molecule has 0 heterocycles. The number of rotatable bonds is 8. The van der Waals surface area contributed by atoms with Gasteiger partial charge >= 0.3 is 0 Å². The lowest BCUT2D eigenvalue weighted by atomic mass is 10.1. The summed E-state index contributed by atoms with van der Waals surface area (Å²) in [5.41, 5.74) is 2.77. The molecule has 0 aliphatic heterocycles. The normalized spacial score (nSPS) is 11.1. The Morgan fingerprint density at radius 2 is 1.71 bits per heavy atom. The van der Waals surface area contributed by atoms with Crippen LogP contribution in [0.4, 0.5) is 0 Å². The second-order valence-corrected chi connectivity index (χ2v) is 4.69. The summed E-state index contributed by atoms with van der Waals surface area (Å²) in [7, 11) is 2.20. The van der Waals surface area contributed by atoms with Crippen molar-refractivity contribution in [1.82, 2.24) is 10.2 Å². The van der Waals surface area contributed by atoms with E-state index in [9.17, 15) is 0 Å². The number of unbranched alkanes of at least 4 members (excludes halogenated alkanes) is 1. The average molecular weight is 234 g/mol. The fourth-order valence-electron chi connectivity index (χ4n) is 1.85. The lowest BCUT2D eigenvalue weighted by Crippen LogP contribution is -2.19. The molecule has 1 aromatic rings. The van der Waals surface area contributed by atoms with Crippen molar-refractivity contribution in [2.45, 2.75) is 39.8 Å². The van der Waals surface area contributed by atoms with Crippen molar-refractivity contribution in [3.63, 3.8) is 0 Å². The molecule has 0 amide bonds. The summed E-state index contributed by atoms with van der Waals surface area (Å²) in [6.07, 6.45) is 2.56. The van der Waals surface area contributed by atoms with E-state index in [1.54, 1.807) is 0 Å². The molecule has 0 radical (unpaired) electrons. The van der Waals surface area contributed by atoms with E-state index >= 15 is 0 Å². The first-order valence-electron chi connectivity index (χ1n) is 6.73. The van der Waals surface area contributed by atoms with Gasteiger partial charge in [0, 0.05) is 13.1 Å². The predicted molar refractivity (Wildman–Crippen MR) is 75.1 cm³/mol.